The van der Waals surface area contributed by atoms with Crippen LogP contribution in [0, 0.1) is 13.8 Å². The fourth-order valence-corrected chi connectivity index (χ4v) is 3.96. The molecule has 0 aliphatic rings. The smallest absolute Gasteiger partial charge is 0.269 e. The van der Waals surface area contributed by atoms with Crippen LogP contribution >= 0.6 is 15.9 Å². The summed E-state index contributed by atoms with van der Waals surface area (Å²) >= 11 is 3.33. The van der Waals surface area contributed by atoms with Crippen LogP contribution in [0.25, 0.3) is 0 Å². The highest BCUT2D eigenvalue weighted by molar-refractivity contribution is 9.10. The topological polar surface area (TPSA) is 61.2 Å². The van der Waals surface area contributed by atoms with Crippen molar-refractivity contribution >= 4 is 26.0 Å². The van der Waals surface area contributed by atoms with Gasteiger partial charge in [-0.15, -0.1) is 0 Å². The van der Waals surface area contributed by atoms with Gasteiger partial charge < -0.3 is 4.74 Å². The molecular formula is C12H13BrN2O3S. The summed E-state index contributed by atoms with van der Waals surface area (Å²) in [6, 6.07) is 3.23. The minimum atomic E-state index is -3.65. The summed E-state index contributed by atoms with van der Waals surface area (Å²) in [6.07, 6.45) is 2.89. The lowest BCUT2D eigenvalue weighted by atomic mass is 10.2. The molecule has 102 valence electrons. The van der Waals surface area contributed by atoms with E-state index in [-0.39, 0.29) is 4.90 Å². The molecule has 0 saturated heterocycles. The predicted molar refractivity (Wildman–Crippen MR) is 75.0 cm³/mol. The lowest BCUT2D eigenvalue weighted by molar-refractivity contribution is 0.410. The molecule has 0 aliphatic heterocycles. The standard InChI is InChI=1S/C12H13BrN2O3S/c1-8-6-10(13)11(18-3)7-12(8)19(16,17)15-5-4-14-9(15)2/h4-7H,1-3H3. The van der Waals surface area contributed by atoms with Gasteiger partial charge in [0.05, 0.1) is 16.5 Å². The van der Waals surface area contributed by atoms with Gasteiger partial charge in [-0.25, -0.2) is 17.4 Å². The first-order valence-electron chi connectivity index (χ1n) is 5.47. The van der Waals surface area contributed by atoms with Crippen LogP contribution in [0.3, 0.4) is 0 Å². The van der Waals surface area contributed by atoms with Crippen LogP contribution in [0.1, 0.15) is 11.4 Å². The zero-order chi connectivity index (χ0) is 14.2. The van der Waals surface area contributed by atoms with Crippen molar-refractivity contribution in [2.45, 2.75) is 18.7 Å². The van der Waals surface area contributed by atoms with E-state index in [0.29, 0.717) is 21.6 Å². The van der Waals surface area contributed by atoms with Crippen LogP contribution < -0.4 is 4.74 Å². The summed E-state index contributed by atoms with van der Waals surface area (Å²) in [6.45, 7) is 3.38. The Balaban J connectivity index is 2.68. The Morgan fingerprint density at radius 3 is 2.53 bits per heavy atom. The van der Waals surface area contributed by atoms with Gasteiger partial charge in [-0.2, -0.15) is 0 Å². The number of halogens is 1. The molecular weight excluding hydrogens is 332 g/mol. The number of aromatic nitrogens is 2. The number of benzene rings is 1. The van der Waals surface area contributed by atoms with Gasteiger partial charge in [0.1, 0.15) is 11.6 Å². The van der Waals surface area contributed by atoms with Crippen molar-refractivity contribution in [2.75, 3.05) is 7.11 Å². The van der Waals surface area contributed by atoms with Gasteiger partial charge >= 0.3 is 0 Å². The molecule has 2 rings (SSSR count). The Kier molecular flexibility index (Phi) is 3.69. The molecule has 5 nitrogen and oxygen atoms in total. The highest BCUT2D eigenvalue weighted by atomic mass is 79.9. The molecule has 0 aliphatic carbocycles. The number of methoxy groups -OCH3 is 1. The molecule has 1 aromatic carbocycles. The van der Waals surface area contributed by atoms with Crippen LogP contribution in [0.15, 0.2) is 33.9 Å². The van der Waals surface area contributed by atoms with Crippen molar-refractivity contribution in [1.29, 1.82) is 0 Å². The van der Waals surface area contributed by atoms with Gasteiger partial charge in [0, 0.05) is 18.5 Å². The maximum Gasteiger partial charge on any atom is 0.269 e. The summed E-state index contributed by atoms with van der Waals surface area (Å²) in [7, 11) is -2.16. The molecule has 1 heterocycles. The molecule has 0 atom stereocenters. The lowest BCUT2D eigenvalue weighted by Crippen LogP contribution is -2.15. The number of hydrogen-bond donors (Lipinski definition) is 0. The molecule has 0 N–H and O–H groups in total. The summed E-state index contributed by atoms with van der Waals surface area (Å²) in [5, 5.41) is 0. The normalized spacial score (nSPS) is 11.6. The maximum atomic E-state index is 12.6. The number of hydrogen-bond acceptors (Lipinski definition) is 4. The van der Waals surface area contributed by atoms with Crippen LogP contribution in [-0.4, -0.2) is 24.5 Å². The van der Waals surface area contributed by atoms with E-state index in [2.05, 4.69) is 20.9 Å². The Hall–Kier alpha value is -1.34. The van der Waals surface area contributed by atoms with E-state index in [1.165, 1.54) is 25.6 Å². The zero-order valence-corrected chi connectivity index (χ0v) is 13.1. The van der Waals surface area contributed by atoms with Crippen molar-refractivity contribution in [1.82, 2.24) is 8.96 Å². The van der Waals surface area contributed by atoms with Crippen LogP contribution in [0.2, 0.25) is 0 Å². The summed E-state index contributed by atoms with van der Waals surface area (Å²) in [5.41, 5.74) is 0.640. The van der Waals surface area contributed by atoms with Gasteiger partial charge in [0.25, 0.3) is 10.0 Å². The molecule has 0 spiro atoms. The first kappa shape index (κ1) is 14.1. The Labute approximate surface area is 120 Å². The monoisotopic (exact) mass is 344 g/mol. The number of imidazole rings is 1. The molecule has 0 fully saturated rings. The number of ether oxygens (including phenoxy) is 1. The van der Waals surface area contributed by atoms with Crippen molar-refractivity contribution in [2.24, 2.45) is 0 Å². The minimum absolute atomic E-state index is 0.202. The molecule has 0 amide bonds. The first-order valence-corrected chi connectivity index (χ1v) is 7.71. The molecule has 0 saturated carbocycles. The van der Waals surface area contributed by atoms with E-state index in [1.54, 1.807) is 19.9 Å². The van der Waals surface area contributed by atoms with Crippen LogP contribution in [0.4, 0.5) is 0 Å². The summed E-state index contributed by atoms with van der Waals surface area (Å²) in [4.78, 5) is 4.14. The van der Waals surface area contributed by atoms with E-state index in [1.807, 2.05) is 0 Å². The highest BCUT2D eigenvalue weighted by Gasteiger charge is 2.22. The predicted octanol–water partition coefficient (Wildman–Crippen LogP) is 2.51. The largest absolute Gasteiger partial charge is 0.496 e. The second-order valence-electron chi connectivity index (χ2n) is 4.03. The van der Waals surface area contributed by atoms with E-state index in [9.17, 15) is 8.42 Å². The quantitative estimate of drug-likeness (QED) is 0.858. The fourth-order valence-electron chi connectivity index (χ4n) is 1.80. The lowest BCUT2D eigenvalue weighted by Gasteiger charge is -2.12. The van der Waals surface area contributed by atoms with E-state index in [4.69, 9.17) is 4.74 Å². The minimum Gasteiger partial charge on any atom is -0.496 e. The van der Waals surface area contributed by atoms with Gasteiger partial charge in [0.15, 0.2) is 0 Å². The van der Waals surface area contributed by atoms with E-state index >= 15 is 0 Å². The van der Waals surface area contributed by atoms with Gasteiger partial charge in [-0.3, -0.25) is 0 Å². The Morgan fingerprint density at radius 2 is 2.00 bits per heavy atom. The molecule has 7 heteroatoms. The summed E-state index contributed by atoms with van der Waals surface area (Å²) < 4.78 is 32.2. The SMILES string of the molecule is COc1cc(S(=O)(=O)n2ccnc2C)c(C)cc1Br. The van der Waals surface area contributed by atoms with Crippen molar-refractivity contribution < 1.29 is 13.2 Å². The molecule has 1 aromatic heterocycles. The van der Waals surface area contributed by atoms with Gasteiger partial charge in [-0.1, -0.05) is 0 Å². The fraction of sp³-hybridized carbons (Fsp3) is 0.250. The average Bonchev–Trinajstić information content (AvgIpc) is 2.76. The number of aryl methyl sites for hydroxylation is 2. The third-order valence-electron chi connectivity index (χ3n) is 2.77. The van der Waals surface area contributed by atoms with E-state index < -0.39 is 10.0 Å². The molecule has 19 heavy (non-hydrogen) atoms. The molecule has 2 aromatic rings. The third-order valence-corrected chi connectivity index (χ3v) is 5.29. The van der Waals surface area contributed by atoms with Crippen molar-refractivity contribution in [3.63, 3.8) is 0 Å². The molecule has 0 unspecified atom stereocenters. The van der Waals surface area contributed by atoms with E-state index in [0.717, 1.165) is 3.97 Å². The van der Waals surface area contributed by atoms with Crippen LogP contribution in [-0.2, 0) is 10.0 Å². The van der Waals surface area contributed by atoms with Gasteiger partial charge in [0.2, 0.25) is 0 Å². The molecule has 0 bridgehead atoms. The zero-order valence-electron chi connectivity index (χ0n) is 10.7. The number of nitrogens with zero attached hydrogens (tertiary/aromatic N) is 2. The average molecular weight is 345 g/mol. The highest BCUT2D eigenvalue weighted by Crippen LogP contribution is 2.31. The summed E-state index contributed by atoms with van der Waals surface area (Å²) in [5.74, 6) is 0.892. The Bertz CT molecular complexity index is 723. The third kappa shape index (κ3) is 2.40. The second kappa shape index (κ2) is 4.97. The first-order chi connectivity index (χ1) is 8.87. The second-order valence-corrected chi connectivity index (χ2v) is 6.67. The number of rotatable bonds is 3. The Morgan fingerprint density at radius 1 is 1.32 bits per heavy atom. The van der Waals surface area contributed by atoms with Crippen LogP contribution in [0.5, 0.6) is 5.75 Å². The van der Waals surface area contributed by atoms with Crippen molar-refractivity contribution in [3.8, 4) is 5.75 Å². The maximum absolute atomic E-state index is 12.6. The molecule has 0 radical (unpaired) electrons. The van der Waals surface area contributed by atoms with Crippen molar-refractivity contribution in [3.05, 3.63) is 40.4 Å². The van der Waals surface area contributed by atoms with Gasteiger partial charge in [-0.05, 0) is 41.4 Å².